The smallest absolute Gasteiger partial charge is 0.173 e. The van der Waals surface area contributed by atoms with Crippen LogP contribution in [0, 0.1) is 0 Å². The van der Waals surface area contributed by atoms with E-state index >= 15 is 0 Å². The Kier molecular flexibility index (Phi) is 3.71. The van der Waals surface area contributed by atoms with Crippen molar-refractivity contribution in [2.24, 2.45) is 0 Å². The molecule has 1 N–H and O–H groups in total. The van der Waals surface area contributed by atoms with Crippen LogP contribution in [0.25, 0.3) is 0 Å². The maximum atomic E-state index is 11.4. The van der Waals surface area contributed by atoms with E-state index in [2.05, 4.69) is 5.32 Å². The number of hydrogen-bond donors (Lipinski definition) is 1. The van der Waals surface area contributed by atoms with Crippen LogP contribution in [-0.2, 0) is 9.84 Å². The topological polar surface area (TPSA) is 55.4 Å². The fourth-order valence-corrected chi connectivity index (χ4v) is 4.35. The third-order valence-corrected chi connectivity index (χ3v) is 5.31. The highest BCUT2D eigenvalue weighted by Crippen LogP contribution is 2.40. The predicted molar refractivity (Wildman–Crippen MR) is 79.2 cm³/mol. The van der Waals surface area contributed by atoms with Crippen LogP contribution in [0.15, 0.2) is 23.6 Å². The highest BCUT2D eigenvalue weighted by molar-refractivity contribution is 7.94. The first-order chi connectivity index (χ1) is 9.44. The van der Waals surface area contributed by atoms with Crippen LogP contribution in [-0.4, -0.2) is 26.8 Å². The normalized spacial score (nSPS) is 27.1. The van der Waals surface area contributed by atoms with Gasteiger partial charge in [-0.15, -0.1) is 0 Å². The first kappa shape index (κ1) is 14.2. The first-order valence-electron chi connectivity index (χ1n) is 6.23. The molecule has 1 aromatic carbocycles. The average molecular weight is 334 g/mol. The van der Waals surface area contributed by atoms with Gasteiger partial charge in [0.15, 0.2) is 9.84 Å². The van der Waals surface area contributed by atoms with E-state index in [1.807, 2.05) is 6.07 Å². The van der Waals surface area contributed by atoms with Crippen LogP contribution in [0.5, 0.6) is 5.75 Å². The number of fused-ring (bicyclic) bond motifs is 1. The molecule has 0 amide bonds. The summed E-state index contributed by atoms with van der Waals surface area (Å²) in [6, 6.07) is 3.25. The van der Waals surface area contributed by atoms with Crippen molar-refractivity contribution in [3.63, 3.8) is 0 Å². The first-order valence-corrected chi connectivity index (χ1v) is 8.70. The van der Waals surface area contributed by atoms with Gasteiger partial charge < -0.3 is 10.1 Å². The Morgan fingerprint density at radius 3 is 2.80 bits per heavy atom. The van der Waals surface area contributed by atoms with Gasteiger partial charge in [-0.05, 0) is 12.1 Å². The third-order valence-electron chi connectivity index (χ3n) is 3.41. The lowest BCUT2D eigenvalue weighted by atomic mass is 9.99. The molecule has 0 spiro atoms. The standard InChI is InChI=1S/C13H13Cl2NO3S/c14-8-5-10-12(1-3-19-13(10)11(15)6-8)16-9-2-4-20(17,18)7-9/h2,4-6,9,12,16H,1,3,7H2. The second kappa shape index (κ2) is 5.22. The van der Waals surface area contributed by atoms with Crippen molar-refractivity contribution in [2.45, 2.75) is 18.5 Å². The molecule has 2 heterocycles. The maximum absolute atomic E-state index is 11.4. The zero-order chi connectivity index (χ0) is 14.3. The number of benzene rings is 1. The molecule has 0 saturated carbocycles. The fourth-order valence-electron chi connectivity index (χ4n) is 2.54. The van der Waals surface area contributed by atoms with Crippen molar-refractivity contribution in [2.75, 3.05) is 12.4 Å². The summed E-state index contributed by atoms with van der Waals surface area (Å²) in [7, 11) is -3.07. The summed E-state index contributed by atoms with van der Waals surface area (Å²) < 4.78 is 28.5. The molecule has 20 heavy (non-hydrogen) atoms. The summed E-state index contributed by atoms with van der Waals surface area (Å²) in [5.74, 6) is 0.721. The van der Waals surface area contributed by atoms with Crippen LogP contribution < -0.4 is 10.1 Å². The van der Waals surface area contributed by atoms with E-state index in [9.17, 15) is 8.42 Å². The zero-order valence-corrected chi connectivity index (χ0v) is 12.8. The number of nitrogens with one attached hydrogen (secondary N) is 1. The van der Waals surface area contributed by atoms with Gasteiger partial charge in [-0.25, -0.2) is 8.42 Å². The van der Waals surface area contributed by atoms with E-state index in [0.29, 0.717) is 22.4 Å². The molecule has 2 atom stereocenters. The zero-order valence-electron chi connectivity index (χ0n) is 10.5. The van der Waals surface area contributed by atoms with Crippen molar-refractivity contribution in [1.82, 2.24) is 5.32 Å². The van der Waals surface area contributed by atoms with Crippen LogP contribution in [0.3, 0.4) is 0 Å². The highest BCUT2D eigenvalue weighted by atomic mass is 35.5. The molecule has 0 aromatic heterocycles. The van der Waals surface area contributed by atoms with Gasteiger partial charge in [-0.3, -0.25) is 0 Å². The molecule has 3 rings (SSSR count). The lowest BCUT2D eigenvalue weighted by molar-refractivity contribution is 0.250. The molecule has 0 bridgehead atoms. The van der Waals surface area contributed by atoms with Gasteiger partial charge in [0, 0.05) is 34.5 Å². The molecule has 7 heteroatoms. The van der Waals surface area contributed by atoms with Gasteiger partial charge in [0.05, 0.1) is 17.4 Å². The lowest BCUT2D eigenvalue weighted by Crippen LogP contribution is -2.36. The summed E-state index contributed by atoms with van der Waals surface area (Å²) in [6.45, 7) is 0.537. The molecular weight excluding hydrogens is 321 g/mol. The van der Waals surface area contributed by atoms with Gasteiger partial charge in [-0.1, -0.05) is 29.3 Å². The molecule has 108 valence electrons. The fraction of sp³-hybridized carbons (Fsp3) is 0.385. The Hall–Kier alpha value is -0.750. The third kappa shape index (κ3) is 2.81. The van der Waals surface area contributed by atoms with E-state index in [-0.39, 0.29) is 17.8 Å². The Morgan fingerprint density at radius 2 is 2.10 bits per heavy atom. The molecule has 2 aliphatic rings. The molecule has 0 radical (unpaired) electrons. The molecule has 2 unspecified atom stereocenters. The molecule has 4 nitrogen and oxygen atoms in total. The van der Waals surface area contributed by atoms with E-state index in [1.165, 1.54) is 5.41 Å². The van der Waals surface area contributed by atoms with Crippen LogP contribution in [0.4, 0.5) is 0 Å². The van der Waals surface area contributed by atoms with E-state index in [0.717, 1.165) is 12.0 Å². The van der Waals surface area contributed by atoms with E-state index < -0.39 is 9.84 Å². The second-order valence-corrected chi connectivity index (χ2v) is 7.70. The summed E-state index contributed by atoms with van der Waals surface area (Å²) in [4.78, 5) is 0. The van der Waals surface area contributed by atoms with Crippen LogP contribution in [0.1, 0.15) is 18.0 Å². The minimum atomic E-state index is -3.07. The summed E-state index contributed by atoms with van der Waals surface area (Å²) in [6.07, 6.45) is 2.42. The van der Waals surface area contributed by atoms with Gasteiger partial charge in [-0.2, -0.15) is 0 Å². The predicted octanol–water partition coefficient (Wildman–Crippen LogP) is 2.72. The minimum Gasteiger partial charge on any atom is -0.492 e. The van der Waals surface area contributed by atoms with Gasteiger partial charge in [0.2, 0.25) is 0 Å². The van der Waals surface area contributed by atoms with E-state index in [4.69, 9.17) is 27.9 Å². The van der Waals surface area contributed by atoms with Crippen molar-refractivity contribution in [3.05, 3.63) is 39.2 Å². The lowest BCUT2D eigenvalue weighted by Gasteiger charge is -2.29. The van der Waals surface area contributed by atoms with Gasteiger partial charge in [0.1, 0.15) is 5.75 Å². The summed E-state index contributed by atoms with van der Waals surface area (Å²) in [5.41, 5.74) is 0.881. The van der Waals surface area contributed by atoms with E-state index in [1.54, 1.807) is 12.1 Å². The number of rotatable bonds is 2. The van der Waals surface area contributed by atoms with Gasteiger partial charge in [0.25, 0.3) is 0 Å². The monoisotopic (exact) mass is 333 g/mol. The minimum absolute atomic E-state index is 0.0158. The van der Waals surface area contributed by atoms with Crippen molar-refractivity contribution < 1.29 is 13.2 Å². The molecular formula is C13H13Cl2NO3S. The second-order valence-electron chi connectivity index (χ2n) is 4.93. The Bertz CT molecular complexity index is 672. The molecule has 1 aromatic rings. The van der Waals surface area contributed by atoms with Crippen molar-refractivity contribution >= 4 is 33.0 Å². The van der Waals surface area contributed by atoms with Crippen molar-refractivity contribution in [1.29, 1.82) is 0 Å². The largest absolute Gasteiger partial charge is 0.492 e. The molecule has 2 aliphatic heterocycles. The Balaban J connectivity index is 1.86. The number of ether oxygens (including phenoxy) is 1. The number of halogens is 2. The summed E-state index contributed by atoms with van der Waals surface area (Å²) in [5, 5.41) is 5.60. The average Bonchev–Trinajstić information content (AvgIpc) is 2.70. The molecule has 0 aliphatic carbocycles. The Morgan fingerprint density at radius 1 is 1.30 bits per heavy atom. The molecule has 0 fully saturated rings. The highest BCUT2D eigenvalue weighted by Gasteiger charge is 2.29. The SMILES string of the molecule is O=S1(=O)C=CC(NC2CCOc3c(Cl)cc(Cl)cc32)C1. The van der Waals surface area contributed by atoms with Gasteiger partial charge >= 0.3 is 0 Å². The molecule has 0 saturated heterocycles. The van der Waals surface area contributed by atoms with Crippen molar-refractivity contribution in [3.8, 4) is 5.75 Å². The maximum Gasteiger partial charge on any atom is 0.173 e. The number of hydrogen-bond acceptors (Lipinski definition) is 4. The van der Waals surface area contributed by atoms with Crippen LogP contribution in [0.2, 0.25) is 10.0 Å². The summed E-state index contributed by atoms with van der Waals surface area (Å²) >= 11 is 12.2. The Labute approximate surface area is 127 Å². The number of sulfone groups is 1. The quantitative estimate of drug-likeness (QED) is 0.904. The van der Waals surface area contributed by atoms with Crippen LogP contribution >= 0.6 is 23.2 Å².